The lowest BCUT2D eigenvalue weighted by atomic mass is 10.1. The van der Waals surface area contributed by atoms with Crippen LogP contribution >= 0.6 is 0 Å². The third-order valence-electron chi connectivity index (χ3n) is 4.34. The number of hydrogen-bond acceptors (Lipinski definition) is 3. The molecule has 0 aliphatic carbocycles. The molecule has 1 atom stereocenters. The summed E-state index contributed by atoms with van der Waals surface area (Å²) < 4.78 is 13.4. The number of benzene rings is 1. The van der Waals surface area contributed by atoms with Crippen LogP contribution < -0.4 is 10.2 Å². The number of nitrogens with zero attached hydrogens (tertiary/aromatic N) is 2. The maximum atomic E-state index is 13.4. The Balaban J connectivity index is 1.81. The van der Waals surface area contributed by atoms with Crippen molar-refractivity contribution in [1.29, 1.82) is 0 Å². The third-order valence-corrected chi connectivity index (χ3v) is 4.34. The molecule has 1 aromatic carbocycles. The Morgan fingerprint density at radius 3 is 3.05 bits per heavy atom. The molecule has 0 saturated carbocycles. The van der Waals surface area contributed by atoms with Gasteiger partial charge in [0.2, 0.25) is 0 Å². The molecule has 19 heavy (non-hydrogen) atoms. The standard InChI is InChI=1S/C15H22FN3/c1-17-10-12-9-13(16)4-5-15(12)19-8-7-18-6-2-3-14(18)11-19/h4-5,9,14,17H,2-3,6-8,10-11H2,1H3. The minimum Gasteiger partial charge on any atom is -0.368 e. The van der Waals surface area contributed by atoms with Crippen molar-refractivity contribution < 1.29 is 4.39 Å². The molecule has 2 fully saturated rings. The third kappa shape index (κ3) is 2.60. The Bertz CT molecular complexity index is 449. The van der Waals surface area contributed by atoms with Crippen LogP contribution in [0.5, 0.6) is 0 Å². The quantitative estimate of drug-likeness (QED) is 0.897. The molecule has 1 N–H and O–H groups in total. The molecule has 2 aliphatic rings. The molecule has 2 saturated heterocycles. The number of piperazine rings is 1. The van der Waals surface area contributed by atoms with Crippen LogP contribution in [0.15, 0.2) is 18.2 Å². The van der Waals surface area contributed by atoms with E-state index in [0.717, 1.165) is 31.7 Å². The van der Waals surface area contributed by atoms with Gasteiger partial charge >= 0.3 is 0 Å². The van der Waals surface area contributed by atoms with E-state index in [-0.39, 0.29) is 5.82 Å². The van der Waals surface area contributed by atoms with E-state index < -0.39 is 0 Å². The molecule has 0 amide bonds. The van der Waals surface area contributed by atoms with Gasteiger partial charge in [0.05, 0.1) is 0 Å². The molecule has 0 radical (unpaired) electrons. The van der Waals surface area contributed by atoms with E-state index in [1.807, 2.05) is 13.1 Å². The summed E-state index contributed by atoms with van der Waals surface area (Å²) >= 11 is 0. The zero-order chi connectivity index (χ0) is 13.2. The Kier molecular flexibility index (Phi) is 3.71. The lowest BCUT2D eigenvalue weighted by molar-refractivity contribution is 0.231. The largest absolute Gasteiger partial charge is 0.368 e. The van der Waals surface area contributed by atoms with Gasteiger partial charge in [0.25, 0.3) is 0 Å². The van der Waals surface area contributed by atoms with Crippen LogP contribution in [0.3, 0.4) is 0 Å². The molecule has 3 rings (SSSR count). The van der Waals surface area contributed by atoms with Crippen molar-refractivity contribution in [1.82, 2.24) is 10.2 Å². The summed E-state index contributed by atoms with van der Waals surface area (Å²) in [4.78, 5) is 5.02. The predicted molar refractivity (Wildman–Crippen MR) is 76.0 cm³/mol. The first-order valence-corrected chi connectivity index (χ1v) is 7.20. The van der Waals surface area contributed by atoms with Crippen molar-refractivity contribution in [3.63, 3.8) is 0 Å². The maximum absolute atomic E-state index is 13.4. The topological polar surface area (TPSA) is 18.5 Å². The van der Waals surface area contributed by atoms with Gasteiger partial charge in [-0.1, -0.05) is 0 Å². The summed E-state index contributed by atoms with van der Waals surface area (Å²) in [6.45, 7) is 5.26. The smallest absolute Gasteiger partial charge is 0.123 e. The van der Waals surface area contributed by atoms with E-state index in [0.29, 0.717) is 6.04 Å². The molecule has 1 aromatic rings. The normalized spacial score (nSPS) is 23.7. The van der Waals surface area contributed by atoms with Gasteiger partial charge in [-0.15, -0.1) is 0 Å². The van der Waals surface area contributed by atoms with Crippen molar-refractivity contribution in [3.8, 4) is 0 Å². The number of rotatable bonds is 3. The van der Waals surface area contributed by atoms with Crippen molar-refractivity contribution in [2.24, 2.45) is 0 Å². The van der Waals surface area contributed by atoms with Crippen LogP contribution in [0.1, 0.15) is 18.4 Å². The van der Waals surface area contributed by atoms with Gasteiger partial charge in [-0.05, 0) is 50.2 Å². The molecule has 1 unspecified atom stereocenters. The summed E-state index contributed by atoms with van der Waals surface area (Å²) in [5.41, 5.74) is 2.26. The van der Waals surface area contributed by atoms with Gasteiger partial charge in [0.1, 0.15) is 5.82 Å². The molecule has 3 nitrogen and oxygen atoms in total. The zero-order valence-corrected chi connectivity index (χ0v) is 11.5. The average molecular weight is 263 g/mol. The van der Waals surface area contributed by atoms with Gasteiger partial charge in [-0.25, -0.2) is 4.39 Å². The van der Waals surface area contributed by atoms with Gasteiger partial charge in [0.15, 0.2) is 0 Å². The average Bonchev–Trinajstić information content (AvgIpc) is 2.86. The first kappa shape index (κ1) is 12.9. The second kappa shape index (κ2) is 5.47. The predicted octanol–water partition coefficient (Wildman–Crippen LogP) is 1.83. The first-order valence-electron chi connectivity index (χ1n) is 7.20. The highest BCUT2D eigenvalue weighted by atomic mass is 19.1. The minimum absolute atomic E-state index is 0.145. The van der Waals surface area contributed by atoms with Crippen LogP contribution in [0.2, 0.25) is 0 Å². The van der Waals surface area contributed by atoms with E-state index >= 15 is 0 Å². The highest BCUT2D eigenvalue weighted by Gasteiger charge is 2.31. The molecular weight excluding hydrogens is 241 g/mol. The summed E-state index contributed by atoms with van der Waals surface area (Å²) in [5, 5.41) is 3.13. The number of anilines is 1. The Hall–Kier alpha value is -1.13. The second-order valence-corrected chi connectivity index (χ2v) is 5.58. The number of fused-ring (bicyclic) bond motifs is 1. The molecule has 0 bridgehead atoms. The molecule has 0 aromatic heterocycles. The maximum Gasteiger partial charge on any atom is 0.123 e. The van der Waals surface area contributed by atoms with Gasteiger partial charge in [-0.3, -0.25) is 4.90 Å². The van der Waals surface area contributed by atoms with E-state index in [9.17, 15) is 4.39 Å². The minimum atomic E-state index is -0.145. The molecule has 2 heterocycles. The Morgan fingerprint density at radius 1 is 1.32 bits per heavy atom. The van der Waals surface area contributed by atoms with Crippen LogP contribution in [0.4, 0.5) is 10.1 Å². The van der Waals surface area contributed by atoms with Gasteiger partial charge < -0.3 is 10.2 Å². The van der Waals surface area contributed by atoms with Crippen molar-refractivity contribution in [3.05, 3.63) is 29.6 Å². The van der Waals surface area contributed by atoms with Crippen LogP contribution in [0, 0.1) is 5.82 Å². The van der Waals surface area contributed by atoms with Crippen LogP contribution in [-0.4, -0.2) is 44.2 Å². The summed E-state index contributed by atoms with van der Waals surface area (Å²) in [7, 11) is 1.91. The molecule has 4 heteroatoms. The van der Waals surface area contributed by atoms with Gasteiger partial charge in [0, 0.05) is 37.9 Å². The molecule has 0 spiro atoms. The SMILES string of the molecule is CNCc1cc(F)ccc1N1CCN2CCCC2C1. The lowest BCUT2D eigenvalue weighted by Gasteiger charge is -2.39. The van der Waals surface area contributed by atoms with Gasteiger partial charge in [-0.2, -0.15) is 0 Å². The van der Waals surface area contributed by atoms with E-state index in [1.54, 1.807) is 12.1 Å². The zero-order valence-electron chi connectivity index (χ0n) is 11.5. The van der Waals surface area contributed by atoms with Crippen molar-refractivity contribution in [2.75, 3.05) is 38.1 Å². The second-order valence-electron chi connectivity index (χ2n) is 5.58. The number of hydrogen-bond donors (Lipinski definition) is 1. The Morgan fingerprint density at radius 2 is 2.21 bits per heavy atom. The van der Waals surface area contributed by atoms with E-state index in [2.05, 4.69) is 15.1 Å². The summed E-state index contributed by atoms with van der Waals surface area (Å²) in [5.74, 6) is -0.145. The molecule has 104 valence electrons. The van der Waals surface area contributed by atoms with E-state index in [4.69, 9.17) is 0 Å². The number of halogens is 1. The first-order chi connectivity index (χ1) is 9.28. The van der Waals surface area contributed by atoms with Crippen molar-refractivity contribution >= 4 is 5.69 Å². The highest BCUT2D eigenvalue weighted by Crippen LogP contribution is 2.28. The Labute approximate surface area is 114 Å². The summed E-state index contributed by atoms with van der Waals surface area (Å²) in [6, 6.07) is 5.87. The van der Waals surface area contributed by atoms with Crippen molar-refractivity contribution in [2.45, 2.75) is 25.4 Å². The fourth-order valence-electron chi connectivity index (χ4n) is 3.40. The fraction of sp³-hybridized carbons (Fsp3) is 0.600. The van der Waals surface area contributed by atoms with E-state index in [1.165, 1.54) is 25.1 Å². The monoisotopic (exact) mass is 263 g/mol. The summed E-state index contributed by atoms with van der Waals surface area (Å²) in [6.07, 6.45) is 2.63. The fourth-order valence-corrected chi connectivity index (χ4v) is 3.40. The highest BCUT2D eigenvalue weighted by molar-refractivity contribution is 5.54. The van der Waals surface area contributed by atoms with Crippen LogP contribution in [0.25, 0.3) is 0 Å². The molecule has 2 aliphatic heterocycles. The molecular formula is C15H22FN3. The lowest BCUT2D eigenvalue weighted by Crippen LogP contribution is -2.50. The van der Waals surface area contributed by atoms with Crippen LogP contribution in [-0.2, 0) is 6.54 Å². The number of nitrogens with one attached hydrogen (secondary N) is 1.